The van der Waals surface area contributed by atoms with Crippen LogP contribution in [-0.4, -0.2) is 52.5 Å². The highest BCUT2D eigenvalue weighted by molar-refractivity contribution is 6.21. The average molecular weight is 527 g/mol. The van der Waals surface area contributed by atoms with Crippen molar-refractivity contribution in [1.29, 1.82) is 0 Å². The van der Waals surface area contributed by atoms with Gasteiger partial charge in [-0.1, -0.05) is 67.1 Å². The van der Waals surface area contributed by atoms with Crippen molar-refractivity contribution in [3.05, 3.63) is 106 Å². The van der Waals surface area contributed by atoms with E-state index >= 15 is 0 Å². The van der Waals surface area contributed by atoms with Gasteiger partial charge in [0, 0.05) is 18.5 Å². The Labute approximate surface area is 229 Å². The van der Waals surface area contributed by atoms with Gasteiger partial charge in [0.05, 0.1) is 36.5 Å². The molecule has 1 N–H and O–H groups in total. The molecule has 2 fully saturated rings. The monoisotopic (exact) mass is 526 g/mol. The maximum absolute atomic E-state index is 12.8. The van der Waals surface area contributed by atoms with E-state index in [4.69, 9.17) is 9.47 Å². The maximum atomic E-state index is 12.8. The predicted molar refractivity (Wildman–Crippen MR) is 146 cm³/mol. The quantitative estimate of drug-likeness (QED) is 0.436. The highest BCUT2D eigenvalue weighted by atomic mass is 16.7. The van der Waals surface area contributed by atoms with Crippen LogP contribution in [0.4, 0.5) is 0 Å². The molecule has 3 atom stereocenters. The molecule has 3 aliphatic heterocycles. The lowest BCUT2D eigenvalue weighted by Gasteiger charge is -2.39. The van der Waals surface area contributed by atoms with Crippen LogP contribution in [0.2, 0.25) is 0 Å². The Morgan fingerprint density at radius 1 is 0.744 bits per heavy atom. The smallest absolute Gasteiger partial charge is 0.261 e. The van der Waals surface area contributed by atoms with Gasteiger partial charge in [-0.05, 0) is 54.8 Å². The molecule has 0 aliphatic carbocycles. The van der Waals surface area contributed by atoms with Gasteiger partial charge in [0.25, 0.3) is 11.8 Å². The summed E-state index contributed by atoms with van der Waals surface area (Å²) in [5, 5.41) is 9.44. The number of likely N-dealkylation sites (tertiary alicyclic amines) is 1. The third kappa shape index (κ3) is 5.54. The van der Waals surface area contributed by atoms with Gasteiger partial charge in [0.2, 0.25) is 0 Å². The summed E-state index contributed by atoms with van der Waals surface area (Å²) in [6.45, 7) is 3.32. The topological polar surface area (TPSA) is 79.3 Å². The van der Waals surface area contributed by atoms with E-state index in [1.165, 1.54) is 24.2 Å². The normalized spacial score (nSPS) is 23.7. The highest BCUT2D eigenvalue weighted by Crippen LogP contribution is 2.38. The van der Waals surface area contributed by atoms with Gasteiger partial charge in [-0.2, -0.15) is 0 Å². The standard InChI is InChI=1S/C32H34N2O5/c35-21-23-10-12-24(13-11-23)29-18-26(20-33-16-4-1-5-17-33)38-32(39-29)25-14-8-22(9-15-25)19-34-30(36)27-6-2-3-7-28(27)31(34)37/h2-3,6-15,26,29,32,35H,1,4-5,16-21H2/t26-,29+,32+/m1/s1. The second kappa shape index (κ2) is 11.4. The summed E-state index contributed by atoms with van der Waals surface area (Å²) in [6, 6.07) is 22.7. The molecule has 7 nitrogen and oxygen atoms in total. The number of aliphatic hydroxyl groups is 1. The molecule has 0 unspecified atom stereocenters. The molecule has 0 saturated carbocycles. The van der Waals surface area contributed by atoms with Crippen molar-refractivity contribution < 1.29 is 24.2 Å². The van der Waals surface area contributed by atoms with Crippen molar-refractivity contribution in [3.63, 3.8) is 0 Å². The zero-order chi connectivity index (χ0) is 26.8. The summed E-state index contributed by atoms with van der Waals surface area (Å²) < 4.78 is 13.0. The molecule has 2 amide bonds. The number of rotatable bonds is 7. The first-order valence-electron chi connectivity index (χ1n) is 13.9. The van der Waals surface area contributed by atoms with E-state index in [2.05, 4.69) is 4.90 Å². The fourth-order valence-corrected chi connectivity index (χ4v) is 5.81. The van der Waals surface area contributed by atoms with Crippen LogP contribution in [0, 0.1) is 0 Å². The van der Waals surface area contributed by atoms with Crippen molar-refractivity contribution in [2.24, 2.45) is 0 Å². The molecule has 2 saturated heterocycles. The SMILES string of the molecule is O=C1c2ccccc2C(=O)N1Cc1ccc([C@H]2O[C@@H](CN3CCCCC3)C[C@@H](c3ccc(CO)cc3)O2)cc1. The first-order chi connectivity index (χ1) is 19.1. The first kappa shape index (κ1) is 25.9. The number of nitrogens with zero attached hydrogens (tertiary/aromatic N) is 2. The fraction of sp³-hybridized carbons (Fsp3) is 0.375. The Morgan fingerprint density at radius 2 is 1.36 bits per heavy atom. The van der Waals surface area contributed by atoms with Gasteiger partial charge in [-0.15, -0.1) is 0 Å². The lowest BCUT2D eigenvalue weighted by Crippen LogP contribution is -2.41. The molecular weight excluding hydrogens is 492 g/mol. The third-order valence-electron chi connectivity index (χ3n) is 8.00. The second-order valence-electron chi connectivity index (χ2n) is 10.7. The fourth-order valence-electron chi connectivity index (χ4n) is 5.81. The number of aliphatic hydroxyl groups excluding tert-OH is 1. The third-order valence-corrected chi connectivity index (χ3v) is 8.00. The summed E-state index contributed by atoms with van der Waals surface area (Å²) in [7, 11) is 0. The minimum Gasteiger partial charge on any atom is -0.392 e. The highest BCUT2D eigenvalue weighted by Gasteiger charge is 2.36. The predicted octanol–water partition coefficient (Wildman–Crippen LogP) is 5.01. The van der Waals surface area contributed by atoms with Crippen LogP contribution in [-0.2, 0) is 22.6 Å². The Morgan fingerprint density at radius 3 is 2.00 bits per heavy atom. The summed E-state index contributed by atoms with van der Waals surface area (Å²) >= 11 is 0. The Kier molecular flexibility index (Phi) is 7.57. The molecule has 3 aliphatic rings. The van der Waals surface area contributed by atoms with E-state index in [0.29, 0.717) is 11.1 Å². The van der Waals surface area contributed by atoms with Crippen LogP contribution < -0.4 is 0 Å². The second-order valence-corrected chi connectivity index (χ2v) is 10.7. The molecular formula is C32H34N2O5. The van der Waals surface area contributed by atoms with Crippen molar-refractivity contribution >= 4 is 11.8 Å². The van der Waals surface area contributed by atoms with E-state index in [1.54, 1.807) is 24.3 Å². The molecule has 3 aromatic rings. The van der Waals surface area contributed by atoms with Gasteiger partial charge in [-0.25, -0.2) is 0 Å². The van der Waals surface area contributed by atoms with Gasteiger partial charge in [0.1, 0.15) is 0 Å². The Balaban J connectivity index is 1.18. The van der Waals surface area contributed by atoms with E-state index in [0.717, 1.165) is 48.3 Å². The van der Waals surface area contributed by atoms with Crippen molar-refractivity contribution in [1.82, 2.24) is 9.80 Å². The van der Waals surface area contributed by atoms with Gasteiger partial charge in [0.15, 0.2) is 6.29 Å². The Bertz CT molecular complexity index is 1280. The van der Waals surface area contributed by atoms with E-state index in [9.17, 15) is 14.7 Å². The lowest BCUT2D eigenvalue weighted by atomic mass is 9.99. The molecule has 3 aromatic carbocycles. The van der Waals surface area contributed by atoms with Crippen molar-refractivity contribution in [2.75, 3.05) is 19.6 Å². The number of hydrogen-bond donors (Lipinski definition) is 1. The lowest BCUT2D eigenvalue weighted by molar-refractivity contribution is -0.253. The molecule has 202 valence electrons. The summed E-state index contributed by atoms with van der Waals surface area (Å²) in [6.07, 6.45) is 3.90. The van der Waals surface area contributed by atoms with Gasteiger partial charge >= 0.3 is 0 Å². The number of carbonyl (C=O) groups excluding carboxylic acids is 2. The number of imide groups is 1. The number of fused-ring (bicyclic) bond motifs is 1. The molecule has 0 spiro atoms. The number of amides is 2. The molecule has 0 radical (unpaired) electrons. The maximum Gasteiger partial charge on any atom is 0.261 e. The average Bonchev–Trinajstić information content (AvgIpc) is 3.23. The Hall–Kier alpha value is -3.36. The van der Waals surface area contributed by atoms with E-state index < -0.39 is 6.29 Å². The van der Waals surface area contributed by atoms with Crippen LogP contribution in [0.5, 0.6) is 0 Å². The van der Waals surface area contributed by atoms with Crippen molar-refractivity contribution in [2.45, 2.75) is 57.3 Å². The molecule has 3 heterocycles. The number of piperidine rings is 1. The van der Waals surface area contributed by atoms with Crippen LogP contribution >= 0.6 is 0 Å². The summed E-state index contributed by atoms with van der Waals surface area (Å²) in [5.74, 6) is -0.511. The molecule has 39 heavy (non-hydrogen) atoms. The van der Waals surface area contributed by atoms with E-state index in [-0.39, 0.29) is 37.2 Å². The van der Waals surface area contributed by atoms with E-state index in [1.807, 2.05) is 48.5 Å². The summed E-state index contributed by atoms with van der Waals surface area (Å²) in [5.41, 5.74) is 4.64. The molecule has 0 bridgehead atoms. The number of carbonyl (C=O) groups is 2. The van der Waals surface area contributed by atoms with Crippen LogP contribution in [0.1, 0.15) is 81.0 Å². The number of ether oxygens (including phenoxy) is 2. The zero-order valence-corrected chi connectivity index (χ0v) is 22.0. The molecule has 7 heteroatoms. The minimum absolute atomic E-state index is 0.0161. The number of benzene rings is 3. The van der Waals surface area contributed by atoms with Crippen molar-refractivity contribution in [3.8, 4) is 0 Å². The molecule has 0 aromatic heterocycles. The number of hydrogen-bond acceptors (Lipinski definition) is 6. The van der Waals surface area contributed by atoms with Crippen LogP contribution in [0.3, 0.4) is 0 Å². The van der Waals surface area contributed by atoms with Crippen LogP contribution in [0.25, 0.3) is 0 Å². The van der Waals surface area contributed by atoms with Gasteiger partial charge in [-0.3, -0.25) is 14.5 Å². The van der Waals surface area contributed by atoms with Gasteiger partial charge < -0.3 is 19.5 Å². The first-order valence-corrected chi connectivity index (χ1v) is 13.9. The minimum atomic E-state index is -0.524. The van der Waals surface area contributed by atoms with Crippen LogP contribution in [0.15, 0.2) is 72.8 Å². The molecule has 6 rings (SSSR count). The largest absolute Gasteiger partial charge is 0.392 e. The zero-order valence-electron chi connectivity index (χ0n) is 22.0. The summed E-state index contributed by atoms with van der Waals surface area (Å²) in [4.78, 5) is 29.4.